The molecule has 0 bridgehead atoms. The van der Waals surface area contributed by atoms with Gasteiger partial charge < -0.3 is 15.2 Å². The Morgan fingerprint density at radius 1 is 1.11 bits per heavy atom. The molecule has 1 heterocycles. The first-order valence-corrected chi connectivity index (χ1v) is 13.3. The van der Waals surface area contributed by atoms with Crippen LogP contribution in [0, 0.1) is 13.8 Å². The van der Waals surface area contributed by atoms with Crippen LogP contribution in [0.25, 0.3) is 0 Å². The highest BCUT2D eigenvalue weighted by atomic mass is 16.6. The summed E-state index contributed by atoms with van der Waals surface area (Å²) in [7, 11) is 0. The maximum Gasteiger partial charge on any atom is 0.408 e. The monoisotopic (exact) mass is 523 g/mol. The van der Waals surface area contributed by atoms with Gasteiger partial charge in [0, 0.05) is 6.42 Å². The molecular formula is C30H41N3O5. The summed E-state index contributed by atoms with van der Waals surface area (Å²) < 4.78 is 5.38. The Bertz CT molecular complexity index is 1100. The van der Waals surface area contributed by atoms with E-state index in [0.29, 0.717) is 6.42 Å². The predicted molar refractivity (Wildman–Crippen MR) is 147 cm³/mol. The summed E-state index contributed by atoms with van der Waals surface area (Å²) in [5.74, 6) is -0.792. The summed E-state index contributed by atoms with van der Waals surface area (Å²) in [5.41, 5.74) is 2.92. The maximum absolute atomic E-state index is 13.3. The second kappa shape index (κ2) is 12.9. The van der Waals surface area contributed by atoms with Gasteiger partial charge in [-0.15, -0.1) is 0 Å². The minimum Gasteiger partial charge on any atom is -0.508 e. The zero-order valence-electron chi connectivity index (χ0n) is 23.2. The Morgan fingerprint density at radius 3 is 2.39 bits per heavy atom. The standard InChI is InChI=1S/C30H41N3O5/c1-20-17-23(34)18-21(2)24(20)19-25(31-29(37)38-30(3,4)5)27(35)32-28(36)26-14-10-16-33(26)15-9-13-22-11-7-6-8-12-22/h6-8,11-12,17-18,25-26,34H,9-10,13-16,19H2,1-5H3,(H,31,37)(H,32,35,36)/t25?,26-/m0/s1. The van der Waals surface area contributed by atoms with Crippen LogP contribution in [-0.4, -0.2) is 58.7 Å². The molecular weight excluding hydrogens is 482 g/mol. The molecule has 2 atom stereocenters. The number of carbonyl (C=O) groups excluding carboxylic acids is 3. The fourth-order valence-corrected chi connectivity index (χ4v) is 4.97. The quantitative estimate of drug-likeness (QED) is 0.455. The molecule has 8 heteroatoms. The molecule has 1 aliphatic heterocycles. The number of ether oxygens (including phenoxy) is 1. The number of hydrogen-bond donors (Lipinski definition) is 3. The van der Waals surface area contributed by atoms with Gasteiger partial charge in [-0.1, -0.05) is 30.3 Å². The van der Waals surface area contributed by atoms with E-state index in [1.165, 1.54) is 5.56 Å². The Kier molecular flexibility index (Phi) is 9.91. The summed E-state index contributed by atoms with van der Waals surface area (Å²) in [4.78, 5) is 41.2. The van der Waals surface area contributed by atoms with Crippen molar-refractivity contribution in [3.05, 3.63) is 64.7 Å². The zero-order chi connectivity index (χ0) is 27.9. The number of alkyl carbamates (subject to hydrolysis) is 1. The lowest BCUT2D eigenvalue weighted by Crippen LogP contribution is -2.54. The maximum atomic E-state index is 13.3. The van der Waals surface area contributed by atoms with Gasteiger partial charge in [-0.05, 0) is 108 Å². The molecule has 1 saturated heterocycles. The summed E-state index contributed by atoms with van der Waals surface area (Å²) >= 11 is 0. The number of nitrogens with one attached hydrogen (secondary N) is 2. The number of hydrogen-bond acceptors (Lipinski definition) is 6. The number of imide groups is 1. The van der Waals surface area contributed by atoms with Gasteiger partial charge in [0.15, 0.2) is 0 Å². The molecule has 0 aromatic heterocycles. The fraction of sp³-hybridized carbons (Fsp3) is 0.500. The van der Waals surface area contributed by atoms with E-state index in [-0.39, 0.29) is 24.1 Å². The van der Waals surface area contributed by atoms with Gasteiger partial charge in [-0.2, -0.15) is 0 Å². The third-order valence-corrected chi connectivity index (χ3v) is 6.76. The highest BCUT2D eigenvalue weighted by Crippen LogP contribution is 2.23. The Hall–Kier alpha value is -3.39. The van der Waals surface area contributed by atoms with Gasteiger partial charge in [0.1, 0.15) is 17.4 Å². The van der Waals surface area contributed by atoms with Crippen molar-refractivity contribution in [2.24, 2.45) is 0 Å². The first-order chi connectivity index (χ1) is 17.9. The Balaban J connectivity index is 1.67. The summed E-state index contributed by atoms with van der Waals surface area (Å²) in [6, 6.07) is 12.1. The van der Waals surface area contributed by atoms with Crippen molar-refractivity contribution in [1.29, 1.82) is 0 Å². The van der Waals surface area contributed by atoms with Crippen LogP contribution in [-0.2, 0) is 27.2 Å². The molecule has 0 radical (unpaired) electrons. The van der Waals surface area contributed by atoms with Gasteiger partial charge in [0.25, 0.3) is 0 Å². The molecule has 206 valence electrons. The fourth-order valence-electron chi connectivity index (χ4n) is 4.97. The smallest absolute Gasteiger partial charge is 0.408 e. The van der Waals surface area contributed by atoms with Crippen molar-refractivity contribution in [1.82, 2.24) is 15.5 Å². The second-order valence-electron chi connectivity index (χ2n) is 11.1. The van der Waals surface area contributed by atoms with Crippen LogP contribution in [0.5, 0.6) is 5.75 Å². The van der Waals surface area contributed by atoms with Crippen molar-refractivity contribution in [2.45, 2.75) is 84.4 Å². The van der Waals surface area contributed by atoms with Gasteiger partial charge in [0.05, 0.1) is 6.04 Å². The van der Waals surface area contributed by atoms with Crippen molar-refractivity contribution < 1.29 is 24.2 Å². The molecule has 1 aliphatic rings. The molecule has 3 N–H and O–H groups in total. The molecule has 3 rings (SSSR count). The number of nitrogens with zero attached hydrogens (tertiary/aromatic N) is 1. The second-order valence-corrected chi connectivity index (χ2v) is 11.1. The molecule has 2 aromatic carbocycles. The van der Waals surface area contributed by atoms with E-state index in [1.54, 1.807) is 32.9 Å². The van der Waals surface area contributed by atoms with Crippen molar-refractivity contribution in [3.8, 4) is 5.75 Å². The van der Waals surface area contributed by atoms with E-state index >= 15 is 0 Å². The highest BCUT2D eigenvalue weighted by Gasteiger charge is 2.33. The van der Waals surface area contributed by atoms with Crippen LogP contribution in [0.4, 0.5) is 4.79 Å². The lowest BCUT2D eigenvalue weighted by atomic mass is 9.95. The number of carbonyl (C=O) groups is 3. The van der Waals surface area contributed by atoms with Crippen molar-refractivity contribution in [3.63, 3.8) is 0 Å². The predicted octanol–water partition coefficient (Wildman–Crippen LogP) is 4.18. The third-order valence-electron chi connectivity index (χ3n) is 6.76. The minimum atomic E-state index is -1.02. The largest absolute Gasteiger partial charge is 0.508 e. The number of aryl methyl sites for hydroxylation is 3. The van der Waals surface area contributed by atoms with Crippen LogP contribution in [0.3, 0.4) is 0 Å². The average molecular weight is 524 g/mol. The van der Waals surface area contributed by atoms with Crippen LogP contribution in [0.15, 0.2) is 42.5 Å². The van der Waals surface area contributed by atoms with Crippen LogP contribution in [0.2, 0.25) is 0 Å². The molecule has 2 aromatic rings. The summed E-state index contributed by atoms with van der Waals surface area (Å²) in [6.45, 7) is 10.5. The first kappa shape index (κ1) is 29.2. The van der Waals surface area contributed by atoms with E-state index < -0.39 is 23.6 Å². The summed E-state index contributed by atoms with van der Waals surface area (Å²) in [5, 5.41) is 15.1. The van der Waals surface area contributed by atoms with Crippen LogP contribution >= 0.6 is 0 Å². The Labute approximate surface area is 225 Å². The molecule has 3 amide bonds. The van der Waals surface area contributed by atoms with Gasteiger partial charge >= 0.3 is 6.09 Å². The van der Waals surface area contributed by atoms with E-state index in [2.05, 4.69) is 27.7 Å². The van der Waals surface area contributed by atoms with Crippen LogP contribution in [0.1, 0.15) is 62.3 Å². The van der Waals surface area contributed by atoms with E-state index in [1.807, 2.05) is 32.0 Å². The van der Waals surface area contributed by atoms with Crippen LogP contribution < -0.4 is 10.6 Å². The highest BCUT2D eigenvalue weighted by molar-refractivity contribution is 6.01. The number of likely N-dealkylation sites (tertiary alicyclic amines) is 1. The molecule has 0 spiro atoms. The molecule has 38 heavy (non-hydrogen) atoms. The lowest BCUT2D eigenvalue weighted by molar-refractivity contribution is -0.134. The van der Waals surface area contributed by atoms with Gasteiger partial charge in [0.2, 0.25) is 11.8 Å². The number of phenolic OH excluding ortho intramolecular Hbond substituents is 1. The lowest BCUT2D eigenvalue weighted by Gasteiger charge is -2.26. The number of phenols is 1. The molecule has 1 unspecified atom stereocenters. The van der Waals surface area contributed by atoms with Gasteiger partial charge in [-0.25, -0.2) is 4.79 Å². The molecule has 8 nitrogen and oxygen atoms in total. The first-order valence-electron chi connectivity index (χ1n) is 13.3. The zero-order valence-corrected chi connectivity index (χ0v) is 23.2. The average Bonchev–Trinajstić information content (AvgIpc) is 3.28. The third kappa shape index (κ3) is 8.58. The molecule has 0 saturated carbocycles. The molecule has 0 aliphatic carbocycles. The number of rotatable bonds is 9. The Morgan fingerprint density at radius 2 is 1.76 bits per heavy atom. The number of amides is 3. The summed E-state index contributed by atoms with van der Waals surface area (Å²) in [6.07, 6.45) is 2.85. The SMILES string of the molecule is Cc1cc(O)cc(C)c1CC(NC(=O)OC(C)(C)C)C(=O)NC(=O)[C@@H]1CCCN1CCCc1ccccc1. The van der Waals surface area contributed by atoms with E-state index in [4.69, 9.17) is 4.74 Å². The minimum absolute atomic E-state index is 0.133. The number of aromatic hydroxyl groups is 1. The van der Waals surface area contributed by atoms with Gasteiger partial charge in [-0.3, -0.25) is 19.8 Å². The molecule has 1 fully saturated rings. The topological polar surface area (TPSA) is 108 Å². The number of benzene rings is 2. The van der Waals surface area contributed by atoms with Crippen molar-refractivity contribution >= 4 is 17.9 Å². The van der Waals surface area contributed by atoms with E-state index in [9.17, 15) is 19.5 Å². The normalized spacial score (nSPS) is 16.6. The van der Waals surface area contributed by atoms with Crippen molar-refractivity contribution in [2.75, 3.05) is 13.1 Å². The van der Waals surface area contributed by atoms with E-state index in [0.717, 1.165) is 49.0 Å².